The second kappa shape index (κ2) is 4.01. The van der Waals surface area contributed by atoms with Crippen molar-refractivity contribution in [3.05, 3.63) is 40.6 Å². The third-order valence-electron chi connectivity index (χ3n) is 2.12. The number of ether oxygens (including phenoxy) is 1. The van der Waals surface area contributed by atoms with E-state index in [9.17, 15) is 10.1 Å². The molecule has 0 aliphatic carbocycles. The summed E-state index contributed by atoms with van der Waals surface area (Å²) in [4.78, 5) is 16.5. The molecule has 0 atom stereocenters. The van der Waals surface area contributed by atoms with Crippen molar-refractivity contribution < 1.29 is 9.66 Å². The predicted octanol–water partition coefficient (Wildman–Crippen LogP) is 1.99. The zero-order chi connectivity index (χ0) is 11.5. The predicted molar refractivity (Wildman–Crippen MR) is 57.2 cm³/mol. The van der Waals surface area contributed by atoms with Gasteiger partial charge in [0.25, 0.3) is 0 Å². The quantitative estimate of drug-likeness (QED) is 0.632. The molecule has 0 unspecified atom stereocenters. The second-order valence-corrected chi connectivity index (χ2v) is 3.07. The van der Waals surface area contributed by atoms with Crippen LogP contribution in [0.15, 0.2) is 30.5 Å². The highest BCUT2D eigenvalue weighted by Crippen LogP contribution is 2.27. The van der Waals surface area contributed by atoms with Gasteiger partial charge in [-0.15, -0.1) is 0 Å². The van der Waals surface area contributed by atoms with E-state index in [4.69, 9.17) is 4.74 Å². The molecule has 2 aromatic rings. The van der Waals surface area contributed by atoms with E-state index in [-0.39, 0.29) is 5.82 Å². The molecule has 0 saturated carbocycles. The molecular formula is C10H9N3O3. The molecule has 0 fully saturated rings. The van der Waals surface area contributed by atoms with Crippen LogP contribution < -0.4 is 4.74 Å². The Morgan fingerprint density at radius 1 is 1.44 bits per heavy atom. The Bertz CT molecular complexity index is 522. The standard InChI is InChI=1S/C10H9N3O3/c1-16-8-5-3-2-4-7(8)10-11-6-9(12-10)13(14)15/h2-6H,1H3,(H,11,12). The van der Waals surface area contributed by atoms with Crippen molar-refractivity contribution in [2.45, 2.75) is 0 Å². The van der Waals surface area contributed by atoms with Gasteiger partial charge in [0.05, 0.1) is 12.7 Å². The van der Waals surface area contributed by atoms with Crippen molar-refractivity contribution in [2.75, 3.05) is 7.11 Å². The smallest absolute Gasteiger partial charge is 0.340 e. The summed E-state index contributed by atoms with van der Waals surface area (Å²) in [7, 11) is 1.54. The van der Waals surface area contributed by atoms with E-state index >= 15 is 0 Å². The van der Waals surface area contributed by atoms with E-state index in [0.717, 1.165) is 0 Å². The van der Waals surface area contributed by atoms with Crippen LogP contribution in [0.5, 0.6) is 5.75 Å². The van der Waals surface area contributed by atoms with E-state index in [2.05, 4.69) is 9.97 Å². The molecule has 16 heavy (non-hydrogen) atoms. The van der Waals surface area contributed by atoms with Crippen LogP contribution in [0.25, 0.3) is 11.4 Å². The van der Waals surface area contributed by atoms with Crippen molar-refractivity contribution in [3.8, 4) is 17.1 Å². The molecule has 6 heteroatoms. The highest BCUT2D eigenvalue weighted by Gasteiger charge is 2.14. The lowest BCUT2D eigenvalue weighted by molar-refractivity contribution is -0.389. The Hall–Kier alpha value is -2.37. The van der Waals surface area contributed by atoms with Gasteiger partial charge in [0, 0.05) is 0 Å². The molecule has 1 N–H and O–H groups in total. The number of rotatable bonds is 3. The van der Waals surface area contributed by atoms with Gasteiger partial charge in [0.1, 0.15) is 11.9 Å². The number of nitro groups is 1. The van der Waals surface area contributed by atoms with Gasteiger partial charge in [-0.1, -0.05) is 12.1 Å². The zero-order valence-electron chi connectivity index (χ0n) is 8.51. The van der Waals surface area contributed by atoms with Crippen LogP contribution in [0.2, 0.25) is 0 Å². The van der Waals surface area contributed by atoms with Crippen LogP contribution >= 0.6 is 0 Å². The minimum Gasteiger partial charge on any atom is -0.496 e. The van der Waals surface area contributed by atoms with Gasteiger partial charge in [0.2, 0.25) is 5.82 Å². The summed E-state index contributed by atoms with van der Waals surface area (Å²) in [5.41, 5.74) is 0.693. The van der Waals surface area contributed by atoms with Gasteiger partial charge in [-0.25, -0.2) is 9.97 Å². The average Bonchev–Trinajstić information content (AvgIpc) is 2.78. The maximum atomic E-state index is 10.5. The summed E-state index contributed by atoms with van der Waals surface area (Å²) in [5.74, 6) is 0.900. The molecule has 0 radical (unpaired) electrons. The first-order valence-electron chi connectivity index (χ1n) is 4.55. The molecule has 0 amide bonds. The SMILES string of the molecule is COc1ccccc1-c1ncc([N+](=O)[O-])[nH]1. The minimum absolute atomic E-state index is 0.138. The Morgan fingerprint density at radius 3 is 2.81 bits per heavy atom. The number of nitrogens with zero attached hydrogens (tertiary/aromatic N) is 2. The van der Waals surface area contributed by atoms with E-state index in [1.807, 2.05) is 12.1 Å². The molecule has 1 aromatic heterocycles. The molecule has 2 rings (SSSR count). The van der Waals surface area contributed by atoms with Gasteiger partial charge < -0.3 is 14.9 Å². The van der Waals surface area contributed by atoms with Crippen molar-refractivity contribution in [1.29, 1.82) is 0 Å². The summed E-state index contributed by atoms with van der Waals surface area (Å²) in [6.45, 7) is 0. The maximum absolute atomic E-state index is 10.5. The van der Waals surface area contributed by atoms with Gasteiger partial charge in [-0.3, -0.25) is 0 Å². The number of hydrogen-bond acceptors (Lipinski definition) is 4. The summed E-state index contributed by atoms with van der Waals surface area (Å²) in [6, 6.07) is 7.18. The first kappa shape index (κ1) is 10.2. The molecule has 0 saturated heterocycles. The lowest BCUT2D eigenvalue weighted by atomic mass is 10.2. The topological polar surface area (TPSA) is 81.1 Å². The maximum Gasteiger partial charge on any atom is 0.340 e. The van der Waals surface area contributed by atoms with Crippen LogP contribution in [0, 0.1) is 10.1 Å². The Balaban J connectivity index is 2.46. The molecule has 6 nitrogen and oxygen atoms in total. The lowest BCUT2D eigenvalue weighted by Gasteiger charge is -2.02. The normalized spacial score (nSPS) is 10.1. The summed E-state index contributed by atoms with van der Waals surface area (Å²) in [5, 5.41) is 10.5. The van der Waals surface area contributed by atoms with Crippen LogP contribution in [0.1, 0.15) is 0 Å². The van der Waals surface area contributed by atoms with E-state index < -0.39 is 4.92 Å². The largest absolute Gasteiger partial charge is 0.496 e. The van der Waals surface area contributed by atoms with Gasteiger partial charge >= 0.3 is 5.82 Å². The molecule has 0 aliphatic rings. The number of imidazole rings is 1. The average molecular weight is 219 g/mol. The molecular weight excluding hydrogens is 210 g/mol. The third-order valence-corrected chi connectivity index (χ3v) is 2.12. The molecule has 82 valence electrons. The van der Waals surface area contributed by atoms with Crippen molar-refractivity contribution in [3.63, 3.8) is 0 Å². The van der Waals surface area contributed by atoms with Gasteiger partial charge in [-0.2, -0.15) is 0 Å². The van der Waals surface area contributed by atoms with E-state index in [0.29, 0.717) is 17.1 Å². The first-order valence-corrected chi connectivity index (χ1v) is 4.55. The Kier molecular flexibility index (Phi) is 2.55. The number of hydrogen-bond donors (Lipinski definition) is 1. The second-order valence-electron chi connectivity index (χ2n) is 3.07. The number of aromatic nitrogens is 2. The molecule has 0 aliphatic heterocycles. The fourth-order valence-electron chi connectivity index (χ4n) is 1.38. The monoisotopic (exact) mass is 219 g/mol. The highest BCUT2D eigenvalue weighted by molar-refractivity contribution is 5.64. The summed E-state index contributed by atoms with van der Waals surface area (Å²) >= 11 is 0. The Labute approximate surface area is 91.0 Å². The summed E-state index contributed by atoms with van der Waals surface area (Å²) in [6.07, 6.45) is 1.18. The number of nitrogens with one attached hydrogen (secondary N) is 1. The number of methoxy groups -OCH3 is 1. The number of para-hydroxylation sites is 1. The highest BCUT2D eigenvalue weighted by atomic mass is 16.6. The third kappa shape index (κ3) is 1.72. The van der Waals surface area contributed by atoms with Crippen molar-refractivity contribution in [2.24, 2.45) is 0 Å². The number of aromatic amines is 1. The van der Waals surface area contributed by atoms with Crippen LogP contribution in [0.4, 0.5) is 5.82 Å². The van der Waals surface area contributed by atoms with Gasteiger partial charge in [0.15, 0.2) is 0 Å². The van der Waals surface area contributed by atoms with E-state index in [1.54, 1.807) is 12.1 Å². The molecule has 0 bridgehead atoms. The van der Waals surface area contributed by atoms with Crippen LogP contribution in [-0.4, -0.2) is 22.0 Å². The number of H-pyrrole nitrogens is 1. The fourth-order valence-corrected chi connectivity index (χ4v) is 1.38. The molecule has 1 heterocycles. The van der Waals surface area contributed by atoms with E-state index in [1.165, 1.54) is 13.3 Å². The first-order chi connectivity index (χ1) is 7.72. The zero-order valence-corrected chi connectivity index (χ0v) is 8.51. The summed E-state index contributed by atoms with van der Waals surface area (Å²) < 4.78 is 5.14. The molecule has 0 spiro atoms. The molecule has 1 aromatic carbocycles. The van der Waals surface area contributed by atoms with Crippen LogP contribution in [-0.2, 0) is 0 Å². The van der Waals surface area contributed by atoms with Crippen LogP contribution in [0.3, 0.4) is 0 Å². The van der Waals surface area contributed by atoms with Gasteiger partial charge in [-0.05, 0) is 17.1 Å². The fraction of sp³-hybridized carbons (Fsp3) is 0.100. The van der Waals surface area contributed by atoms with Crippen molar-refractivity contribution >= 4 is 5.82 Å². The Morgan fingerprint density at radius 2 is 2.19 bits per heavy atom. The number of benzene rings is 1. The minimum atomic E-state index is -0.522. The lowest BCUT2D eigenvalue weighted by Crippen LogP contribution is -1.90. The van der Waals surface area contributed by atoms with Crippen molar-refractivity contribution in [1.82, 2.24) is 9.97 Å².